The predicted molar refractivity (Wildman–Crippen MR) is 105 cm³/mol. The molecule has 0 aliphatic carbocycles. The molecule has 2 heterocycles. The lowest BCUT2D eigenvalue weighted by Crippen LogP contribution is -2.24. The molecule has 0 spiro atoms. The molecule has 0 saturated heterocycles. The third kappa shape index (κ3) is 3.22. The van der Waals surface area contributed by atoms with Crippen LogP contribution in [0.3, 0.4) is 0 Å². The lowest BCUT2D eigenvalue weighted by molar-refractivity contribution is 0.410. The average Bonchev–Trinajstić information content (AvgIpc) is 3.20. The van der Waals surface area contributed by atoms with Gasteiger partial charge in [-0.2, -0.15) is 9.40 Å². The number of hydrogen-bond donors (Lipinski definition) is 0. The Morgan fingerprint density at radius 1 is 1.07 bits per heavy atom. The number of sulfonamides is 1. The van der Waals surface area contributed by atoms with Crippen LogP contribution in [0.25, 0.3) is 16.9 Å². The number of ether oxygens (including phenoxy) is 1. The summed E-state index contributed by atoms with van der Waals surface area (Å²) in [5.74, 6) is 0.689. The van der Waals surface area contributed by atoms with Crippen LogP contribution in [0.2, 0.25) is 5.02 Å². The lowest BCUT2D eigenvalue weighted by atomic mass is 10.1. The fourth-order valence-corrected chi connectivity index (χ4v) is 4.15. The molecular formula is C19H18ClN3O3S. The minimum Gasteiger partial charge on any atom is -0.494 e. The summed E-state index contributed by atoms with van der Waals surface area (Å²) in [6, 6.07) is 15.1. The van der Waals surface area contributed by atoms with Crippen molar-refractivity contribution in [1.82, 2.24) is 14.1 Å². The highest BCUT2D eigenvalue weighted by molar-refractivity contribution is 7.88. The van der Waals surface area contributed by atoms with E-state index in [2.05, 4.69) is 0 Å². The van der Waals surface area contributed by atoms with Crippen molar-refractivity contribution < 1.29 is 13.2 Å². The van der Waals surface area contributed by atoms with Gasteiger partial charge in [-0.15, -0.1) is 0 Å². The van der Waals surface area contributed by atoms with Gasteiger partial charge in [0.05, 0.1) is 31.3 Å². The van der Waals surface area contributed by atoms with Crippen molar-refractivity contribution in [3.05, 3.63) is 64.8 Å². The summed E-state index contributed by atoms with van der Waals surface area (Å²) in [4.78, 5) is 0. The number of fused-ring (bicyclic) bond motifs is 1. The molecule has 8 heteroatoms. The Labute approximate surface area is 163 Å². The van der Waals surface area contributed by atoms with E-state index in [-0.39, 0.29) is 6.54 Å². The summed E-state index contributed by atoms with van der Waals surface area (Å²) < 4.78 is 32.8. The Kier molecular flexibility index (Phi) is 4.46. The van der Waals surface area contributed by atoms with Crippen LogP contribution in [0, 0.1) is 0 Å². The van der Waals surface area contributed by atoms with E-state index in [0.717, 1.165) is 28.2 Å². The van der Waals surface area contributed by atoms with E-state index in [4.69, 9.17) is 21.4 Å². The zero-order valence-electron chi connectivity index (χ0n) is 14.9. The maximum Gasteiger partial charge on any atom is 0.211 e. The van der Waals surface area contributed by atoms with Crippen molar-refractivity contribution in [2.75, 3.05) is 13.4 Å². The van der Waals surface area contributed by atoms with Crippen molar-refractivity contribution >= 4 is 21.6 Å². The summed E-state index contributed by atoms with van der Waals surface area (Å²) in [6.45, 7) is 0.554. The minimum absolute atomic E-state index is 0.261. The fraction of sp³-hybridized carbons (Fsp3) is 0.211. The summed E-state index contributed by atoms with van der Waals surface area (Å²) >= 11 is 6.05. The van der Waals surface area contributed by atoms with Crippen LogP contribution in [-0.2, 0) is 23.1 Å². The fourth-order valence-electron chi connectivity index (χ4n) is 3.31. The minimum atomic E-state index is -3.30. The van der Waals surface area contributed by atoms with Crippen LogP contribution in [0.4, 0.5) is 0 Å². The van der Waals surface area contributed by atoms with Gasteiger partial charge in [-0.1, -0.05) is 35.9 Å². The first kappa shape index (κ1) is 18.0. The highest BCUT2D eigenvalue weighted by atomic mass is 35.5. The van der Waals surface area contributed by atoms with E-state index in [1.54, 1.807) is 7.11 Å². The number of para-hydroxylation sites is 2. The van der Waals surface area contributed by atoms with Gasteiger partial charge < -0.3 is 4.74 Å². The van der Waals surface area contributed by atoms with Gasteiger partial charge in [-0.05, 0) is 24.3 Å². The molecule has 1 aliphatic rings. The van der Waals surface area contributed by atoms with E-state index in [0.29, 0.717) is 17.3 Å². The van der Waals surface area contributed by atoms with E-state index in [1.807, 2.05) is 53.2 Å². The van der Waals surface area contributed by atoms with Crippen molar-refractivity contribution in [2.45, 2.75) is 13.1 Å². The normalized spacial score (nSPS) is 14.3. The Morgan fingerprint density at radius 2 is 1.78 bits per heavy atom. The van der Waals surface area contributed by atoms with Crippen molar-refractivity contribution in [1.29, 1.82) is 0 Å². The summed E-state index contributed by atoms with van der Waals surface area (Å²) in [6.07, 6.45) is 1.22. The molecule has 0 bridgehead atoms. The number of halogens is 1. The summed E-state index contributed by atoms with van der Waals surface area (Å²) in [5, 5.41) is 5.37. The number of aromatic nitrogens is 2. The monoisotopic (exact) mass is 403 g/mol. The smallest absolute Gasteiger partial charge is 0.211 e. The number of rotatable bonds is 4. The molecule has 27 heavy (non-hydrogen) atoms. The molecule has 6 nitrogen and oxygen atoms in total. The second kappa shape index (κ2) is 6.67. The molecule has 0 N–H and O–H groups in total. The Bertz CT molecular complexity index is 1110. The van der Waals surface area contributed by atoms with Gasteiger partial charge in [0.15, 0.2) is 0 Å². The largest absolute Gasteiger partial charge is 0.494 e. The molecular weight excluding hydrogens is 386 g/mol. The molecule has 0 fully saturated rings. The standard InChI is InChI=1S/C19H18ClN3O3S/c1-26-18-6-4-3-5-17(18)23-19(13-7-9-14(20)10-8-13)15-11-22(27(2,24)25)12-16(15)21-23/h3-10H,11-12H2,1-2H3. The molecule has 1 aromatic heterocycles. The van der Waals surface area contributed by atoms with E-state index in [9.17, 15) is 8.42 Å². The topological polar surface area (TPSA) is 64.4 Å². The zero-order chi connectivity index (χ0) is 19.2. The number of hydrogen-bond acceptors (Lipinski definition) is 4. The second-order valence-electron chi connectivity index (χ2n) is 6.40. The zero-order valence-corrected chi connectivity index (χ0v) is 16.5. The first-order valence-corrected chi connectivity index (χ1v) is 10.6. The lowest BCUT2D eigenvalue weighted by Gasteiger charge is -2.16. The second-order valence-corrected chi connectivity index (χ2v) is 8.81. The van der Waals surface area contributed by atoms with Crippen molar-refractivity contribution in [3.63, 3.8) is 0 Å². The van der Waals surface area contributed by atoms with E-state index >= 15 is 0 Å². The first-order valence-electron chi connectivity index (χ1n) is 8.33. The van der Waals surface area contributed by atoms with Gasteiger partial charge in [-0.3, -0.25) is 0 Å². The first-order chi connectivity index (χ1) is 12.9. The third-order valence-corrected chi connectivity index (χ3v) is 6.08. The summed E-state index contributed by atoms with van der Waals surface area (Å²) in [5.41, 5.74) is 4.20. The maximum absolute atomic E-state index is 12.0. The van der Waals surface area contributed by atoms with Crippen LogP contribution in [0.15, 0.2) is 48.5 Å². The molecule has 0 amide bonds. The summed E-state index contributed by atoms with van der Waals surface area (Å²) in [7, 11) is -1.68. The molecule has 4 rings (SSSR count). The van der Waals surface area contributed by atoms with Crippen LogP contribution in [-0.4, -0.2) is 35.9 Å². The number of nitrogens with zero attached hydrogens (tertiary/aromatic N) is 3. The van der Waals surface area contributed by atoms with Crippen molar-refractivity contribution in [2.24, 2.45) is 0 Å². The average molecular weight is 404 g/mol. The Balaban J connectivity index is 1.93. The highest BCUT2D eigenvalue weighted by Gasteiger charge is 2.33. The molecule has 3 aromatic rings. The van der Waals surface area contributed by atoms with Crippen LogP contribution in [0.5, 0.6) is 5.75 Å². The van der Waals surface area contributed by atoms with Gasteiger partial charge in [0.2, 0.25) is 10.0 Å². The van der Waals surface area contributed by atoms with Gasteiger partial charge in [0.1, 0.15) is 11.4 Å². The molecule has 140 valence electrons. The number of methoxy groups -OCH3 is 1. The van der Waals surface area contributed by atoms with Gasteiger partial charge in [-0.25, -0.2) is 13.1 Å². The molecule has 1 aliphatic heterocycles. The van der Waals surface area contributed by atoms with Crippen LogP contribution < -0.4 is 4.74 Å². The molecule has 2 aromatic carbocycles. The van der Waals surface area contributed by atoms with Gasteiger partial charge in [0.25, 0.3) is 0 Å². The van der Waals surface area contributed by atoms with Gasteiger partial charge >= 0.3 is 0 Å². The Hall–Kier alpha value is -2.35. The molecule has 0 saturated carbocycles. The van der Waals surface area contributed by atoms with Gasteiger partial charge in [0, 0.05) is 22.7 Å². The van der Waals surface area contributed by atoms with E-state index in [1.165, 1.54) is 10.6 Å². The molecule has 0 atom stereocenters. The quantitative estimate of drug-likeness (QED) is 0.669. The van der Waals surface area contributed by atoms with Crippen LogP contribution in [0.1, 0.15) is 11.3 Å². The molecule has 0 radical (unpaired) electrons. The van der Waals surface area contributed by atoms with Crippen LogP contribution >= 0.6 is 11.6 Å². The third-order valence-electron chi connectivity index (χ3n) is 4.63. The maximum atomic E-state index is 12.0. The Morgan fingerprint density at radius 3 is 2.44 bits per heavy atom. The molecule has 0 unspecified atom stereocenters. The van der Waals surface area contributed by atoms with E-state index < -0.39 is 10.0 Å². The predicted octanol–water partition coefficient (Wildman–Crippen LogP) is 3.48. The number of benzene rings is 2. The highest BCUT2D eigenvalue weighted by Crippen LogP contribution is 2.37. The van der Waals surface area contributed by atoms with Crippen molar-refractivity contribution in [3.8, 4) is 22.7 Å². The SMILES string of the molecule is COc1ccccc1-n1nc2c(c1-c1ccc(Cl)cc1)CN(S(C)(=O)=O)C2.